The highest BCUT2D eigenvalue weighted by atomic mass is 19.4. The minimum atomic E-state index is -4.23. The number of amidine groups is 1. The number of hydrogen-bond donors (Lipinski definition) is 1. The Labute approximate surface area is 69.9 Å². The van der Waals surface area contributed by atoms with Crippen molar-refractivity contribution in [3.8, 4) is 0 Å². The normalized spacial score (nSPS) is 11.9. The molecule has 0 aromatic rings. The fraction of sp³-hybridized carbons (Fsp3) is 0.857. The van der Waals surface area contributed by atoms with Gasteiger partial charge in [0.2, 0.25) is 0 Å². The molecule has 0 aliphatic heterocycles. The van der Waals surface area contributed by atoms with E-state index in [1.807, 2.05) is 0 Å². The summed E-state index contributed by atoms with van der Waals surface area (Å²) in [5.41, 5.74) is 0. The number of halogens is 3. The summed E-state index contributed by atoms with van der Waals surface area (Å²) in [6, 6.07) is -0.288. The molecule has 5 heteroatoms. The monoisotopic (exact) mass is 182 g/mol. The highest BCUT2D eigenvalue weighted by molar-refractivity contribution is 5.76. The summed E-state index contributed by atoms with van der Waals surface area (Å²) in [6.07, 6.45) is -4.23. The van der Waals surface area contributed by atoms with E-state index in [1.165, 1.54) is 6.92 Å². The molecule has 0 bridgehead atoms. The van der Waals surface area contributed by atoms with Crippen molar-refractivity contribution in [3.63, 3.8) is 0 Å². The smallest absolute Gasteiger partial charge is 0.349 e. The van der Waals surface area contributed by atoms with Crippen molar-refractivity contribution in [2.45, 2.75) is 33.0 Å². The van der Waals surface area contributed by atoms with Crippen molar-refractivity contribution in [1.82, 2.24) is 4.90 Å². The van der Waals surface area contributed by atoms with E-state index >= 15 is 0 Å². The highest BCUT2D eigenvalue weighted by Crippen LogP contribution is 2.17. The van der Waals surface area contributed by atoms with Crippen LogP contribution >= 0.6 is 0 Å². The minimum absolute atomic E-state index is 0.0534. The van der Waals surface area contributed by atoms with Gasteiger partial charge < -0.3 is 4.90 Å². The summed E-state index contributed by atoms with van der Waals surface area (Å²) in [6.45, 7) is 3.57. The first kappa shape index (κ1) is 11.3. The Morgan fingerprint density at radius 2 is 1.83 bits per heavy atom. The van der Waals surface area contributed by atoms with Gasteiger partial charge in [-0.3, -0.25) is 5.41 Å². The highest BCUT2D eigenvalue weighted by Gasteiger charge is 2.31. The lowest BCUT2D eigenvalue weighted by atomic mass is 10.3. The molecule has 0 radical (unpaired) electrons. The predicted molar refractivity (Wildman–Crippen MR) is 41.3 cm³/mol. The number of rotatable bonds is 2. The zero-order chi connectivity index (χ0) is 9.94. The Hall–Kier alpha value is -0.740. The second-order valence-electron chi connectivity index (χ2n) is 2.92. The largest absolute Gasteiger partial charge is 0.405 e. The molecule has 12 heavy (non-hydrogen) atoms. The van der Waals surface area contributed by atoms with Crippen molar-refractivity contribution in [2.75, 3.05) is 6.54 Å². The van der Waals surface area contributed by atoms with E-state index in [2.05, 4.69) is 0 Å². The summed E-state index contributed by atoms with van der Waals surface area (Å²) in [4.78, 5) is 1.00. The number of alkyl halides is 3. The van der Waals surface area contributed by atoms with E-state index < -0.39 is 12.7 Å². The first-order chi connectivity index (χ1) is 5.24. The molecule has 0 heterocycles. The lowest BCUT2D eigenvalue weighted by molar-refractivity contribution is -0.140. The average molecular weight is 182 g/mol. The van der Waals surface area contributed by atoms with E-state index in [0.29, 0.717) is 0 Å². The van der Waals surface area contributed by atoms with E-state index in [-0.39, 0.29) is 11.9 Å². The fourth-order valence-corrected chi connectivity index (χ4v) is 0.882. The van der Waals surface area contributed by atoms with Crippen LogP contribution in [-0.4, -0.2) is 29.5 Å². The van der Waals surface area contributed by atoms with Crippen molar-refractivity contribution in [3.05, 3.63) is 0 Å². The Morgan fingerprint density at radius 1 is 1.42 bits per heavy atom. The van der Waals surface area contributed by atoms with E-state index in [4.69, 9.17) is 5.41 Å². The van der Waals surface area contributed by atoms with Crippen LogP contribution < -0.4 is 0 Å². The molecule has 0 spiro atoms. The number of hydrogen-bond acceptors (Lipinski definition) is 1. The summed E-state index contributed by atoms with van der Waals surface area (Å²) >= 11 is 0. The number of nitrogens with one attached hydrogen (secondary N) is 1. The van der Waals surface area contributed by atoms with E-state index in [0.717, 1.165) is 4.90 Å². The van der Waals surface area contributed by atoms with Crippen LogP contribution in [0.3, 0.4) is 0 Å². The predicted octanol–water partition coefficient (Wildman–Crippen LogP) is 2.26. The van der Waals surface area contributed by atoms with Crippen molar-refractivity contribution in [1.29, 1.82) is 5.41 Å². The van der Waals surface area contributed by atoms with Gasteiger partial charge >= 0.3 is 6.18 Å². The number of nitrogens with zero attached hydrogens (tertiary/aromatic N) is 1. The van der Waals surface area contributed by atoms with Gasteiger partial charge in [0.15, 0.2) is 0 Å². The van der Waals surface area contributed by atoms with Gasteiger partial charge in [-0.25, -0.2) is 0 Å². The van der Waals surface area contributed by atoms with Crippen molar-refractivity contribution >= 4 is 5.84 Å². The Morgan fingerprint density at radius 3 is 1.92 bits per heavy atom. The molecule has 0 aromatic heterocycles. The van der Waals surface area contributed by atoms with Crippen LogP contribution in [0.4, 0.5) is 13.2 Å². The summed E-state index contributed by atoms with van der Waals surface area (Å²) in [5.74, 6) is -0.0534. The van der Waals surface area contributed by atoms with Crippen LogP contribution in [-0.2, 0) is 0 Å². The van der Waals surface area contributed by atoms with Crippen LogP contribution in [0.1, 0.15) is 20.8 Å². The third kappa shape index (κ3) is 4.20. The van der Waals surface area contributed by atoms with Gasteiger partial charge in [-0.2, -0.15) is 13.2 Å². The molecule has 0 amide bonds. The van der Waals surface area contributed by atoms with Gasteiger partial charge in [-0.15, -0.1) is 0 Å². The lowest BCUT2D eigenvalue weighted by Crippen LogP contribution is -2.41. The van der Waals surface area contributed by atoms with Gasteiger partial charge in [0.25, 0.3) is 0 Å². The molecule has 72 valence electrons. The third-order valence-electron chi connectivity index (χ3n) is 1.40. The van der Waals surface area contributed by atoms with Gasteiger partial charge in [-0.1, -0.05) is 0 Å². The maximum Gasteiger partial charge on any atom is 0.405 e. The molecule has 0 unspecified atom stereocenters. The zero-order valence-corrected chi connectivity index (χ0v) is 7.37. The first-order valence-electron chi connectivity index (χ1n) is 3.62. The van der Waals surface area contributed by atoms with Crippen molar-refractivity contribution in [2.24, 2.45) is 0 Å². The summed E-state index contributed by atoms with van der Waals surface area (Å²) in [5, 5.41) is 7.09. The Bertz CT molecular complexity index is 163. The van der Waals surface area contributed by atoms with Gasteiger partial charge in [0, 0.05) is 6.04 Å². The van der Waals surface area contributed by atoms with E-state index in [9.17, 15) is 13.2 Å². The summed E-state index contributed by atoms with van der Waals surface area (Å²) in [7, 11) is 0. The minimum Gasteiger partial charge on any atom is -0.349 e. The second-order valence-corrected chi connectivity index (χ2v) is 2.92. The van der Waals surface area contributed by atoms with Gasteiger partial charge in [-0.05, 0) is 20.8 Å². The molecule has 0 aromatic carbocycles. The standard InChI is InChI=1S/C7H13F3N2/c1-5(2)12(6(3)11)4-7(8,9)10/h5,11H,4H2,1-3H3. The SMILES string of the molecule is CC(=N)N(CC(F)(F)F)C(C)C. The van der Waals surface area contributed by atoms with Crippen LogP contribution in [0.2, 0.25) is 0 Å². The lowest BCUT2D eigenvalue weighted by Gasteiger charge is -2.28. The Kier molecular flexibility index (Phi) is 3.55. The second kappa shape index (κ2) is 3.78. The maximum absolute atomic E-state index is 11.9. The molecule has 0 rings (SSSR count). The fourth-order valence-electron chi connectivity index (χ4n) is 0.882. The van der Waals surface area contributed by atoms with Crippen molar-refractivity contribution < 1.29 is 13.2 Å². The molecular formula is C7H13F3N2. The summed E-state index contributed by atoms with van der Waals surface area (Å²) < 4.78 is 35.7. The quantitative estimate of drug-likeness (QED) is 0.514. The molecule has 0 saturated carbocycles. The first-order valence-corrected chi connectivity index (χ1v) is 3.62. The molecule has 2 nitrogen and oxygen atoms in total. The van der Waals surface area contributed by atoms with Crippen LogP contribution in [0.15, 0.2) is 0 Å². The van der Waals surface area contributed by atoms with Crippen LogP contribution in [0, 0.1) is 5.41 Å². The topological polar surface area (TPSA) is 27.1 Å². The molecule has 1 N–H and O–H groups in total. The Balaban J connectivity index is 4.25. The maximum atomic E-state index is 11.9. The van der Waals surface area contributed by atoms with E-state index in [1.54, 1.807) is 13.8 Å². The molecule has 0 aliphatic rings. The average Bonchev–Trinajstić information content (AvgIpc) is 1.79. The third-order valence-corrected chi connectivity index (χ3v) is 1.40. The van der Waals surface area contributed by atoms with Gasteiger partial charge in [0.1, 0.15) is 6.54 Å². The van der Waals surface area contributed by atoms with Crippen LogP contribution in [0.25, 0.3) is 0 Å². The molecule has 0 atom stereocenters. The zero-order valence-electron chi connectivity index (χ0n) is 7.37. The molecule has 0 aliphatic carbocycles. The van der Waals surface area contributed by atoms with Crippen LogP contribution in [0.5, 0.6) is 0 Å². The molecular weight excluding hydrogens is 169 g/mol. The molecule has 0 saturated heterocycles. The molecule has 0 fully saturated rings. The van der Waals surface area contributed by atoms with Gasteiger partial charge in [0.05, 0.1) is 5.84 Å².